The zero-order valence-electron chi connectivity index (χ0n) is 14.6. The van der Waals surface area contributed by atoms with Crippen molar-refractivity contribution in [1.29, 1.82) is 0 Å². The van der Waals surface area contributed by atoms with Gasteiger partial charge in [0.05, 0.1) is 18.3 Å². The van der Waals surface area contributed by atoms with Crippen LogP contribution < -0.4 is 0 Å². The molecule has 0 aromatic carbocycles. The van der Waals surface area contributed by atoms with Gasteiger partial charge in [-0.25, -0.2) is 0 Å². The second kappa shape index (κ2) is 6.55. The highest BCUT2D eigenvalue weighted by Crippen LogP contribution is 2.51. The third-order valence-electron chi connectivity index (χ3n) is 5.04. The van der Waals surface area contributed by atoms with Crippen molar-refractivity contribution < 1.29 is 9.84 Å². The maximum Gasteiger partial charge on any atom is 0.0982 e. The lowest BCUT2D eigenvalue weighted by atomic mass is 9.67. The average molecular weight is 302 g/mol. The van der Waals surface area contributed by atoms with Crippen molar-refractivity contribution in [2.45, 2.75) is 65.6 Å². The first-order valence-corrected chi connectivity index (χ1v) is 8.31. The Bertz CT molecular complexity index is 534. The summed E-state index contributed by atoms with van der Waals surface area (Å²) in [7, 11) is 0. The molecule has 1 fully saturated rings. The van der Waals surface area contributed by atoms with Crippen molar-refractivity contribution in [3.8, 4) is 0 Å². The van der Waals surface area contributed by atoms with Crippen molar-refractivity contribution in [2.24, 2.45) is 5.41 Å². The zero-order chi connectivity index (χ0) is 16.4. The Balaban J connectivity index is 2.14. The molecule has 1 saturated carbocycles. The molecule has 0 aromatic rings. The molecule has 0 radical (unpaired) electrons. The first-order chi connectivity index (χ1) is 10.3. The molecule has 22 heavy (non-hydrogen) atoms. The number of rotatable bonds is 4. The maximum atomic E-state index is 8.86. The smallest absolute Gasteiger partial charge is 0.0982 e. The number of fused-ring (bicyclic) bond motifs is 1. The summed E-state index contributed by atoms with van der Waals surface area (Å²) >= 11 is 0. The van der Waals surface area contributed by atoms with Crippen molar-refractivity contribution in [2.75, 3.05) is 6.61 Å². The molecule has 1 aliphatic carbocycles. The Morgan fingerprint density at radius 1 is 1.32 bits per heavy atom. The highest BCUT2D eigenvalue weighted by atomic mass is 16.5. The van der Waals surface area contributed by atoms with Gasteiger partial charge in [-0.15, -0.1) is 0 Å². The minimum atomic E-state index is -0.0854. The third-order valence-corrected chi connectivity index (χ3v) is 5.04. The highest BCUT2D eigenvalue weighted by Gasteiger charge is 2.47. The van der Waals surface area contributed by atoms with Crippen LogP contribution >= 0.6 is 0 Å². The fourth-order valence-electron chi connectivity index (χ4n) is 3.73. The molecule has 1 heterocycles. The topological polar surface area (TPSA) is 29.5 Å². The van der Waals surface area contributed by atoms with E-state index in [0.717, 1.165) is 12.0 Å². The van der Waals surface area contributed by atoms with Crippen LogP contribution in [-0.2, 0) is 4.74 Å². The van der Waals surface area contributed by atoms with E-state index < -0.39 is 0 Å². The first kappa shape index (κ1) is 17.2. The van der Waals surface area contributed by atoms with Gasteiger partial charge in [-0.2, -0.15) is 0 Å². The molecule has 2 unspecified atom stereocenters. The average Bonchev–Trinajstić information content (AvgIpc) is 2.78. The molecule has 2 heteroatoms. The Morgan fingerprint density at radius 3 is 2.68 bits per heavy atom. The summed E-state index contributed by atoms with van der Waals surface area (Å²) in [6.45, 7) is 11.1. The number of ether oxygens (including phenoxy) is 1. The summed E-state index contributed by atoms with van der Waals surface area (Å²) in [6.07, 6.45) is 14.0. The van der Waals surface area contributed by atoms with Gasteiger partial charge in [0.25, 0.3) is 0 Å². The van der Waals surface area contributed by atoms with Crippen molar-refractivity contribution in [3.05, 3.63) is 47.1 Å². The zero-order valence-corrected chi connectivity index (χ0v) is 14.6. The predicted molar refractivity (Wildman–Crippen MR) is 92.7 cm³/mol. The Kier molecular flexibility index (Phi) is 5.14. The van der Waals surface area contributed by atoms with Gasteiger partial charge in [-0.3, -0.25) is 0 Å². The van der Waals surface area contributed by atoms with E-state index in [9.17, 15) is 0 Å². The van der Waals surface area contributed by atoms with Gasteiger partial charge in [-0.1, -0.05) is 43.7 Å². The minimum absolute atomic E-state index is 0.0854. The van der Waals surface area contributed by atoms with Crippen LogP contribution in [0.4, 0.5) is 0 Å². The summed E-state index contributed by atoms with van der Waals surface area (Å²) < 4.78 is 6.41. The molecule has 2 aliphatic rings. The molecule has 1 N–H and O–H groups in total. The summed E-state index contributed by atoms with van der Waals surface area (Å²) in [5, 5.41) is 8.86. The highest BCUT2D eigenvalue weighted by molar-refractivity contribution is 5.36. The van der Waals surface area contributed by atoms with Gasteiger partial charge in [0, 0.05) is 0 Å². The standard InChI is InChI=1S/C20H30O2/c1-15(10-13-21)8-6-9-16(2)17-14-18-19(3,4)11-7-12-20(18,5)22-17/h6,8-10,14,17,21H,7,11-13H2,1-5H3/b8-6+,15-10+,16-9+. The van der Waals surface area contributed by atoms with Crippen molar-refractivity contribution >= 4 is 0 Å². The first-order valence-electron chi connectivity index (χ1n) is 8.31. The molecular formula is C20H30O2. The van der Waals surface area contributed by atoms with Crippen LogP contribution in [0.1, 0.15) is 53.9 Å². The summed E-state index contributed by atoms with van der Waals surface area (Å²) in [4.78, 5) is 0. The maximum absolute atomic E-state index is 8.86. The van der Waals surface area contributed by atoms with Crippen LogP contribution in [-0.4, -0.2) is 23.4 Å². The van der Waals surface area contributed by atoms with Crippen LogP contribution in [0.15, 0.2) is 47.1 Å². The lowest BCUT2D eigenvalue weighted by Crippen LogP contribution is -2.39. The normalized spacial score (nSPS) is 32.3. The fourth-order valence-corrected chi connectivity index (χ4v) is 3.73. The Labute approximate surface area is 135 Å². The second-order valence-corrected chi connectivity index (χ2v) is 7.49. The van der Waals surface area contributed by atoms with Crippen LogP contribution in [0.2, 0.25) is 0 Å². The van der Waals surface area contributed by atoms with Gasteiger partial charge < -0.3 is 9.84 Å². The van der Waals surface area contributed by atoms with Crippen LogP contribution in [0, 0.1) is 5.41 Å². The Morgan fingerprint density at radius 2 is 2.05 bits per heavy atom. The van der Waals surface area contributed by atoms with E-state index in [0.29, 0.717) is 0 Å². The monoisotopic (exact) mass is 302 g/mol. The molecule has 2 nitrogen and oxygen atoms in total. The van der Waals surface area contributed by atoms with Gasteiger partial charge in [0.15, 0.2) is 0 Å². The van der Waals surface area contributed by atoms with Crippen LogP contribution in [0.25, 0.3) is 0 Å². The number of hydrogen-bond donors (Lipinski definition) is 1. The van der Waals surface area contributed by atoms with E-state index >= 15 is 0 Å². The number of aliphatic hydroxyl groups is 1. The quantitative estimate of drug-likeness (QED) is 0.601. The molecule has 0 spiro atoms. The number of aliphatic hydroxyl groups excluding tert-OH is 1. The van der Waals surface area contributed by atoms with Crippen LogP contribution in [0.3, 0.4) is 0 Å². The molecule has 2 atom stereocenters. The summed E-state index contributed by atoms with van der Waals surface area (Å²) in [6, 6.07) is 0. The number of allylic oxidation sites excluding steroid dienone is 4. The molecule has 122 valence electrons. The predicted octanol–water partition coefficient (Wildman–Crippen LogP) is 4.72. The molecular weight excluding hydrogens is 272 g/mol. The lowest BCUT2D eigenvalue weighted by molar-refractivity contribution is -0.0307. The van der Waals surface area contributed by atoms with Crippen molar-refractivity contribution in [1.82, 2.24) is 0 Å². The van der Waals surface area contributed by atoms with E-state index in [2.05, 4.69) is 39.8 Å². The SMILES string of the molecule is CC(/C=C/C=C(\C)C1C=C2C(C)(C)CCCC2(C)O1)=C\CO. The van der Waals surface area contributed by atoms with Gasteiger partial charge >= 0.3 is 0 Å². The van der Waals surface area contributed by atoms with E-state index in [4.69, 9.17) is 9.84 Å². The molecule has 2 rings (SSSR count). The summed E-state index contributed by atoms with van der Waals surface area (Å²) in [5.41, 5.74) is 3.94. The minimum Gasteiger partial charge on any atom is -0.392 e. The largest absolute Gasteiger partial charge is 0.392 e. The fraction of sp³-hybridized carbons (Fsp3) is 0.600. The Hall–Kier alpha value is -1.12. The number of hydrogen-bond acceptors (Lipinski definition) is 2. The molecule has 0 aromatic heterocycles. The van der Waals surface area contributed by atoms with Gasteiger partial charge in [-0.05, 0) is 62.7 Å². The van der Waals surface area contributed by atoms with E-state index in [1.165, 1.54) is 24.0 Å². The molecule has 0 bridgehead atoms. The molecule has 0 amide bonds. The van der Waals surface area contributed by atoms with E-state index in [-0.39, 0.29) is 23.7 Å². The lowest BCUT2D eigenvalue weighted by Gasteiger charge is -2.42. The van der Waals surface area contributed by atoms with Crippen LogP contribution in [0.5, 0.6) is 0 Å². The van der Waals surface area contributed by atoms with Gasteiger partial charge in [0.1, 0.15) is 0 Å². The van der Waals surface area contributed by atoms with Crippen molar-refractivity contribution in [3.63, 3.8) is 0 Å². The van der Waals surface area contributed by atoms with E-state index in [1.807, 2.05) is 19.1 Å². The van der Waals surface area contributed by atoms with Gasteiger partial charge in [0.2, 0.25) is 0 Å². The summed E-state index contributed by atoms with van der Waals surface area (Å²) in [5.74, 6) is 0. The third kappa shape index (κ3) is 3.61. The molecule has 1 aliphatic heterocycles. The molecule has 0 saturated heterocycles. The second-order valence-electron chi connectivity index (χ2n) is 7.49. The van der Waals surface area contributed by atoms with E-state index in [1.54, 1.807) is 6.08 Å².